The second-order valence-corrected chi connectivity index (χ2v) is 10.6. The first-order valence-electron chi connectivity index (χ1n) is 14.0. The maximum atomic E-state index is 2.47. The molecule has 0 heteroatoms. The minimum absolute atomic E-state index is 1.03. The molecule has 0 radical (unpaired) electrons. The maximum absolute atomic E-state index is 2.47. The van der Waals surface area contributed by atoms with Gasteiger partial charge in [-0.05, 0) is 101 Å². The fourth-order valence-electron chi connectivity index (χ4n) is 5.64. The lowest BCUT2D eigenvalue weighted by Gasteiger charge is -2.25. The molecule has 0 aliphatic rings. The zero-order chi connectivity index (χ0) is 26.6. The fourth-order valence-corrected chi connectivity index (χ4v) is 5.64. The summed E-state index contributed by atoms with van der Waals surface area (Å²) in [6.07, 6.45) is 3.17. The molecule has 0 nitrogen and oxygen atoms in total. The Kier molecular flexibility index (Phi) is 7.61. The van der Waals surface area contributed by atoms with E-state index in [1.807, 2.05) is 0 Å². The summed E-state index contributed by atoms with van der Waals surface area (Å²) in [5.41, 5.74) is 17.2. The number of hydrogen-bond donors (Lipinski definition) is 0. The minimum atomic E-state index is 1.03. The van der Waals surface area contributed by atoms with E-state index in [9.17, 15) is 0 Å². The highest BCUT2D eigenvalue weighted by atomic mass is 14.3. The molecule has 0 spiro atoms. The van der Waals surface area contributed by atoms with Gasteiger partial charge in [0.1, 0.15) is 0 Å². The standard InChI is InChI=1S/C38H38/c1-6-11-34-36(33-15-9-8-13-28(33)5)25-35(30-22-18-29(7-2)19-23-30)37(31-20-16-26(3)17-21-31)38(34)32-14-10-12-27(4)24-32/h8-10,12-25H,6-7,11H2,1-5H3. The molecule has 0 unspecified atom stereocenters. The highest BCUT2D eigenvalue weighted by Crippen LogP contribution is 2.47. The largest absolute Gasteiger partial charge is 0.0651 e. The van der Waals surface area contributed by atoms with Gasteiger partial charge in [0.05, 0.1) is 0 Å². The first kappa shape index (κ1) is 25.7. The molecule has 5 rings (SSSR count). The van der Waals surface area contributed by atoms with Gasteiger partial charge in [0.2, 0.25) is 0 Å². The Labute approximate surface area is 229 Å². The molecule has 0 atom stereocenters. The van der Waals surface area contributed by atoms with E-state index in [0.29, 0.717) is 0 Å². The van der Waals surface area contributed by atoms with Gasteiger partial charge in [-0.2, -0.15) is 0 Å². The van der Waals surface area contributed by atoms with Crippen LogP contribution in [0.5, 0.6) is 0 Å². The Morgan fingerprint density at radius 2 is 1.21 bits per heavy atom. The van der Waals surface area contributed by atoms with Crippen LogP contribution < -0.4 is 0 Å². The van der Waals surface area contributed by atoms with E-state index >= 15 is 0 Å². The number of rotatable bonds is 7. The molecule has 5 aromatic rings. The third kappa shape index (κ3) is 5.09. The summed E-state index contributed by atoms with van der Waals surface area (Å²) in [5, 5.41) is 0. The second-order valence-electron chi connectivity index (χ2n) is 10.6. The summed E-state index contributed by atoms with van der Waals surface area (Å²) in [6, 6.07) is 38.7. The van der Waals surface area contributed by atoms with E-state index in [1.54, 1.807) is 0 Å². The summed E-state index contributed by atoms with van der Waals surface area (Å²) >= 11 is 0. The van der Waals surface area contributed by atoms with Crippen LogP contribution >= 0.6 is 0 Å². The lowest BCUT2D eigenvalue weighted by Crippen LogP contribution is -2.01. The molecule has 0 saturated heterocycles. The molecular formula is C38H38. The first-order valence-corrected chi connectivity index (χ1v) is 14.0. The van der Waals surface area contributed by atoms with Crippen molar-refractivity contribution in [3.63, 3.8) is 0 Å². The molecule has 0 bridgehead atoms. The summed E-state index contributed by atoms with van der Waals surface area (Å²) < 4.78 is 0. The highest BCUT2D eigenvalue weighted by Gasteiger charge is 2.23. The van der Waals surface area contributed by atoms with Gasteiger partial charge in [0.25, 0.3) is 0 Å². The SMILES string of the molecule is CCCc1c(-c2ccccc2C)cc(-c2ccc(CC)cc2)c(-c2ccc(C)cc2)c1-c1cccc(C)c1. The Morgan fingerprint density at radius 3 is 1.87 bits per heavy atom. The van der Waals surface area contributed by atoms with Gasteiger partial charge in [-0.15, -0.1) is 0 Å². The van der Waals surface area contributed by atoms with Crippen molar-refractivity contribution in [2.45, 2.75) is 53.9 Å². The van der Waals surface area contributed by atoms with Gasteiger partial charge >= 0.3 is 0 Å². The third-order valence-corrected chi connectivity index (χ3v) is 7.69. The van der Waals surface area contributed by atoms with Crippen molar-refractivity contribution >= 4 is 0 Å². The zero-order valence-electron chi connectivity index (χ0n) is 23.4. The lowest BCUT2D eigenvalue weighted by molar-refractivity contribution is 0.925. The van der Waals surface area contributed by atoms with Crippen molar-refractivity contribution in [3.05, 3.63) is 131 Å². The van der Waals surface area contributed by atoms with Crippen LogP contribution in [-0.4, -0.2) is 0 Å². The van der Waals surface area contributed by atoms with Crippen LogP contribution in [-0.2, 0) is 12.8 Å². The monoisotopic (exact) mass is 494 g/mol. The molecule has 38 heavy (non-hydrogen) atoms. The van der Waals surface area contributed by atoms with Crippen LogP contribution in [0, 0.1) is 20.8 Å². The minimum Gasteiger partial charge on any atom is -0.0651 e. The number of benzene rings is 5. The predicted octanol–water partition coefficient (Wildman–Crippen LogP) is 10.8. The molecule has 0 aromatic heterocycles. The van der Waals surface area contributed by atoms with Gasteiger partial charge < -0.3 is 0 Å². The van der Waals surface area contributed by atoms with Gasteiger partial charge in [0.15, 0.2) is 0 Å². The summed E-state index contributed by atoms with van der Waals surface area (Å²) in [6.45, 7) is 11.1. The van der Waals surface area contributed by atoms with E-state index in [1.165, 1.54) is 72.3 Å². The van der Waals surface area contributed by atoms with Crippen molar-refractivity contribution in [3.8, 4) is 44.5 Å². The molecule has 0 amide bonds. The van der Waals surface area contributed by atoms with Gasteiger partial charge in [-0.1, -0.05) is 128 Å². The Morgan fingerprint density at radius 1 is 0.500 bits per heavy atom. The maximum Gasteiger partial charge on any atom is -0.00236 e. The van der Waals surface area contributed by atoms with Crippen molar-refractivity contribution in [2.75, 3.05) is 0 Å². The molecule has 0 N–H and O–H groups in total. The number of hydrogen-bond acceptors (Lipinski definition) is 0. The van der Waals surface area contributed by atoms with Crippen LogP contribution in [0.3, 0.4) is 0 Å². The highest BCUT2D eigenvalue weighted by molar-refractivity contribution is 6.00. The van der Waals surface area contributed by atoms with E-state index < -0.39 is 0 Å². The van der Waals surface area contributed by atoms with Crippen LogP contribution in [0.25, 0.3) is 44.5 Å². The van der Waals surface area contributed by atoms with Crippen molar-refractivity contribution in [1.29, 1.82) is 0 Å². The van der Waals surface area contributed by atoms with Crippen LogP contribution in [0.4, 0.5) is 0 Å². The van der Waals surface area contributed by atoms with Gasteiger partial charge in [-0.3, -0.25) is 0 Å². The van der Waals surface area contributed by atoms with Crippen LogP contribution in [0.2, 0.25) is 0 Å². The predicted molar refractivity (Wildman–Crippen MR) is 166 cm³/mol. The Hall–Kier alpha value is -3.90. The van der Waals surface area contributed by atoms with Gasteiger partial charge in [-0.25, -0.2) is 0 Å². The zero-order valence-corrected chi connectivity index (χ0v) is 23.4. The molecule has 0 saturated carbocycles. The van der Waals surface area contributed by atoms with Gasteiger partial charge in [0, 0.05) is 0 Å². The second kappa shape index (κ2) is 11.2. The number of aryl methyl sites for hydroxylation is 4. The molecule has 190 valence electrons. The molecule has 0 fully saturated rings. The molecule has 0 aliphatic heterocycles. The molecular weight excluding hydrogens is 456 g/mol. The van der Waals surface area contributed by atoms with E-state index in [2.05, 4.69) is 138 Å². The molecule has 0 aliphatic carbocycles. The van der Waals surface area contributed by atoms with Crippen molar-refractivity contribution < 1.29 is 0 Å². The Bertz CT molecular complexity index is 1550. The smallest absolute Gasteiger partial charge is 0.00236 e. The summed E-state index contributed by atoms with van der Waals surface area (Å²) in [7, 11) is 0. The Balaban J connectivity index is 1.97. The summed E-state index contributed by atoms with van der Waals surface area (Å²) in [4.78, 5) is 0. The molecule has 5 aromatic carbocycles. The average Bonchev–Trinajstić information content (AvgIpc) is 2.94. The third-order valence-electron chi connectivity index (χ3n) is 7.69. The summed E-state index contributed by atoms with van der Waals surface area (Å²) in [5.74, 6) is 0. The van der Waals surface area contributed by atoms with E-state index in [4.69, 9.17) is 0 Å². The van der Waals surface area contributed by atoms with E-state index in [-0.39, 0.29) is 0 Å². The van der Waals surface area contributed by atoms with Crippen LogP contribution in [0.1, 0.15) is 48.1 Å². The van der Waals surface area contributed by atoms with E-state index in [0.717, 1.165) is 19.3 Å². The van der Waals surface area contributed by atoms with Crippen LogP contribution in [0.15, 0.2) is 103 Å². The van der Waals surface area contributed by atoms with Crippen molar-refractivity contribution in [2.24, 2.45) is 0 Å². The lowest BCUT2D eigenvalue weighted by atomic mass is 9.79. The normalized spacial score (nSPS) is 11.1. The molecule has 0 heterocycles. The topological polar surface area (TPSA) is 0 Å². The quantitative estimate of drug-likeness (QED) is 0.211. The first-order chi connectivity index (χ1) is 18.5. The fraction of sp³-hybridized carbons (Fsp3) is 0.211. The van der Waals surface area contributed by atoms with Crippen molar-refractivity contribution in [1.82, 2.24) is 0 Å². The average molecular weight is 495 g/mol.